The van der Waals surface area contributed by atoms with Gasteiger partial charge in [-0.1, -0.05) is 123 Å². The standard InChI is InChI=1S/C48H74O5Si2/c1-14-16-17-20-37-22-24-40(25-23-37)41-26-28-44(39(15-2)32-41)42-27-29-45(43(33-42)21-18-19-36(3)46(49)50)51-31-30-38(34-52-54(10,11)47(4,5)6)35-53-55(12,13)48(7,8)9/h19,22-29,32-33,38H,14-18,20-21,30-31,34-35H2,1-13H3,(H,49,50). The Labute approximate surface area is 337 Å². The molecule has 0 saturated carbocycles. The van der Waals surface area contributed by atoms with Gasteiger partial charge < -0.3 is 18.7 Å². The minimum absolute atomic E-state index is 0.134. The van der Waals surface area contributed by atoms with Gasteiger partial charge in [-0.05, 0) is 133 Å². The zero-order valence-corrected chi connectivity index (χ0v) is 38.8. The summed E-state index contributed by atoms with van der Waals surface area (Å²) >= 11 is 0. The Hall–Kier alpha value is -2.98. The van der Waals surface area contributed by atoms with Gasteiger partial charge in [-0.2, -0.15) is 0 Å². The van der Waals surface area contributed by atoms with Crippen LogP contribution in [0, 0.1) is 5.92 Å². The molecule has 0 atom stereocenters. The van der Waals surface area contributed by atoms with Gasteiger partial charge in [0.05, 0.1) is 6.61 Å². The first-order valence-electron chi connectivity index (χ1n) is 20.9. The molecule has 3 aromatic carbocycles. The summed E-state index contributed by atoms with van der Waals surface area (Å²) in [6.07, 6.45) is 9.75. The van der Waals surface area contributed by atoms with Gasteiger partial charge in [-0.25, -0.2) is 4.79 Å². The van der Waals surface area contributed by atoms with Crippen molar-refractivity contribution in [2.45, 2.75) is 150 Å². The van der Waals surface area contributed by atoms with Gasteiger partial charge in [0.1, 0.15) is 5.75 Å². The van der Waals surface area contributed by atoms with Gasteiger partial charge >= 0.3 is 5.97 Å². The highest BCUT2D eigenvalue weighted by atomic mass is 28.4. The summed E-state index contributed by atoms with van der Waals surface area (Å²) in [5.74, 6) is 0.193. The number of carboxylic acid groups (broad SMARTS) is 1. The Morgan fingerprint density at radius 2 is 1.31 bits per heavy atom. The largest absolute Gasteiger partial charge is 0.493 e. The molecule has 0 saturated heterocycles. The Bertz CT molecular complexity index is 1660. The van der Waals surface area contributed by atoms with Crippen LogP contribution >= 0.6 is 0 Å². The van der Waals surface area contributed by atoms with Crippen LogP contribution in [0.2, 0.25) is 36.3 Å². The number of benzene rings is 3. The molecule has 304 valence electrons. The molecule has 0 aliphatic carbocycles. The van der Waals surface area contributed by atoms with E-state index < -0.39 is 22.6 Å². The molecule has 0 spiro atoms. The molecule has 0 fully saturated rings. The first-order chi connectivity index (χ1) is 25.7. The highest BCUT2D eigenvalue weighted by Gasteiger charge is 2.39. The number of hydrogen-bond donors (Lipinski definition) is 1. The molecule has 0 aromatic heterocycles. The lowest BCUT2D eigenvalue weighted by molar-refractivity contribution is -0.132. The van der Waals surface area contributed by atoms with Crippen molar-refractivity contribution < 1.29 is 23.5 Å². The predicted molar refractivity (Wildman–Crippen MR) is 240 cm³/mol. The lowest BCUT2D eigenvalue weighted by Gasteiger charge is -2.39. The summed E-state index contributed by atoms with van der Waals surface area (Å²) in [6.45, 7) is 31.0. The summed E-state index contributed by atoms with van der Waals surface area (Å²) in [6, 6.07) is 22.4. The Morgan fingerprint density at radius 3 is 1.85 bits per heavy atom. The van der Waals surface area contributed by atoms with E-state index in [1.54, 1.807) is 6.92 Å². The number of carbonyl (C=O) groups is 1. The van der Waals surface area contributed by atoms with E-state index in [-0.39, 0.29) is 16.0 Å². The fourth-order valence-corrected chi connectivity index (χ4v) is 8.21. The fraction of sp³-hybridized carbons (Fsp3) is 0.562. The molecule has 0 unspecified atom stereocenters. The molecular formula is C48H74O5Si2. The van der Waals surface area contributed by atoms with Crippen molar-refractivity contribution >= 4 is 22.6 Å². The van der Waals surface area contributed by atoms with Crippen LogP contribution in [0.5, 0.6) is 5.75 Å². The Morgan fingerprint density at radius 1 is 0.745 bits per heavy atom. The monoisotopic (exact) mass is 787 g/mol. The van der Waals surface area contributed by atoms with Crippen LogP contribution in [0.25, 0.3) is 22.3 Å². The average Bonchev–Trinajstić information content (AvgIpc) is 3.12. The van der Waals surface area contributed by atoms with Crippen molar-refractivity contribution in [2.24, 2.45) is 5.92 Å². The van der Waals surface area contributed by atoms with Gasteiger partial charge in [0, 0.05) is 24.7 Å². The zero-order valence-electron chi connectivity index (χ0n) is 36.8. The second kappa shape index (κ2) is 20.4. The number of unbranched alkanes of at least 4 members (excludes halogenated alkanes) is 2. The highest BCUT2D eigenvalue weighted by molar-refractivity contribution is 6.74. The van der Waals surface area contributed by atoms with Crippen LogP contribution in [-0.4, -0.2) is 47.5 Å². The molecule has 0 bridgehead atoms. The topological polar surface area (TPSA) is 65.0 Å². The number of aliphatic carboxylic acids is 1. The van der Waals surface area contributed by atoms with Crippen LogP contribution in [-0.2, 0) is 32.9 Å². The maximum Gasteiger partial charge on any atom is 0.330 e. The van der Waals surface area contributed by atoms with E-state index in [0.29, 0.717) is 38.2 Å². The Balaban J connectivity index is 1.87. The zero-order chi connectivity index (χ0) is 41.0. The van der Waals surface area contributed by atoms with Crippen molar-refractivity contribution in [1.82, 2.24) is 0 Å². The van der Waals surface area contributed by atoms with Crippen LogP contribution in [0.3, 0.4) is 0 Å². The summed E-state index contributed by atoms with van der Waals surface area (Å²) in [7, 11) is -3.87. The smallest absolute Gasteiger partial charge is 0.330 e. The molecule has 0 aliphatic heterocycles. The van der Waals surface area contributed by atoms with E-state index in [1.165, 1.54) is 47.1 Å². The minimum Gasteiger partial charge on any atom is -0.493 e. The number of hydrogen-bond acceptors (Lipinski definition) is 4. The molecule has 5 nitrogen and oxygen atoms in total. The van der Waals surface area contributed by atoms with Crippen molar-refractivity contribution in [1.29, 1.82) is 0 Å². The summed E-state index contributed by atoms with van der Waals surface area (Å²) in [5.41, 5.74) is 9.01. The maximum absolute atomic E-state index is 11.6. The first kappa shape index (κ1) is 46.4. The van der Waals surface area contributed by atoms with Crippen molar-refractivity contribution in [3.05, 3.63) is 89.0 Å². The van der Waals surface area contributed by atoms with Crippen molar-refractivity contribution in [3.8, 4) is 28.0 Å². The lowest BCUT2D eigenvalue weighted by atomic mass is 9.92. The SMILES string of the molecule is CCCCCc1ccc(-c2ccc(-c3ccc(OCCC(CO[Si](C)(C)C(C)(C)C)CO[Si](C)(C)C(C)(C)C)c(CCC=C(C)C(=O)O)c3)c(CC)c2)cc1. The van der Waals surface area contributed by atoms with Gasteiger partial charge in [-0.15, -0.1) is 0 Å². The highest BCUT2D eigenvalue weighted by Crippen LogP contribution is 2.39. The molecule has 55 heavy (non-hydrogen) atoms. The lowest BCUT2D eigenvalue weighted by Crippen LogP contribution is -2.44. The number of rotatable bonds is 21. The van der Waals surface area contributed by atoms with Crippen LogP contribution < -0.4 is 4.74 Å². The first-order valence-corrected chi connectivity index (χ1v) is 26.7. The summed E-state index contributed by atoms with van der Waals surface area (Å²) in [5, 5.41) is 9.75. The summed E-state index contributed by atoms with van der Waals surface area (Å²) in [4.78, 5) is 11.6. The average molecular weight is 787 g/mol. The van der Waals surface area contributed by atoms with E-state index >= 15 is 0 Å². The third kappa shape index (κ3) is 13.9. The number of allylic oxidation sites excluding steroid dienone is 1. The second-order valence-corrected chi connectivity index (χ2v) is 28.2. The minimum atomic E-state index is -1.93. The third-order valence-electron chi connectivity index (χ3n) is 12.2. The number of aryl methyl sites for hydroxylation is 3. The molecule has 3 rings (SSSR count). The second-order valence-electron chi connectivity index (χ2n) is 18.6. The number of ether oxygens (including phenoxy) is 1. The number of carboxylic acids is 1. The molecule has 0 aliphatic rings. The molecular weight excluding hydrogens is 713 g/mol. The van der Waals surface area contributed by atoms with Crippen LogP contribution in [0.15, 0.2) is 72.3 Å². The Kier molecular flexibility index (Phi) is 17.3. The molecule has 3 aromatic rings. The van der Waals surface area contributed by atoms with E-state index in [1.807, 2.05) is 6.08 Å². The summed E-state index contributed by atoms with van der Waals surface area (Å²) < 4.78 is 20.1. The molecule has 0 heterocycles. The molecule has 1 N–H and O–H groups in total. The van der Waals surface area contributed by atoms with E-state index in [9.17, 15) is 9.90 Å². The van der Waals surface area contributed by atoms with Gasteiger partial charge in [0.25, 0.3) is 0 Å². The van der Waals surface area contributed by atoms with E-state index in [0.717, 1.165) is 36.1 Å². The van der Waals surface area contributed by atoms with Gasteiger partial charge in [0.15, 0.2) is 16.6 Å². The van der Waals surface area contributed by atoms with Crippen LogP contribution in [0.4, 0.5) is 0 Å². The molecule has 7 heteroatoms. The maximum atomic E-state index is 11.6. The van der Waals surface area contributed by atoms with Crippen LogP contribution in [0.1, 0.15) is 111 Å². The van der Waals surface area contributed by atoms with Gasteiger partial charge in [0.2, 0.25) is 0 Å². The normalized spacial score (nSPS) is 13.1. The van der Waals surface area contributed by atoms with Gasteiger partial charge in [-0.3, -0.25) is 0 Å². The molecule has 0 radical (unpaired) electrons. The van der Waals surface area contributed by atoms with E-state index in [2.05, 4.69) is 142 Å². The van der Waals surface area contributed by atoms with Crippen molar-refractivity contribution in [3.63, 3.8) is 0 Å². The van der Waals surface area contributed by atoms with Crippen molar-refractivity contribution in [2.75, 3.05) is 19.8 Å². The fourth-order valence-electron chi connectivity index (χ4n) is 6.04. The molecule has 0 amide bonds. The van der Waals surface area contributed by atoms with E-state index in [4.69, 9.17) is 13.6 Å². The quantitative estimate of drug-likeness (QED) is 0.0662. The predicted octanol–water partition coefficient (Wildman–Crippen LogP) is 13.7. The third-order valence-corrected chi connectivity index (χ3v) is 21.2.